The van der Waals surface area contributed by atoms with Gasteiger partial charge in [-0.1, -0.05) is 0 Å². The standard InChI is InChI=1S/C15H18F3N3O5/c1-25-11-4-3-8(12(20-11)26-2)5-19-14(24)21-6-9(13(22)23)10(7-21)15(16,17)18/h3-4,9-10H,5-7H2,1-2H3,(H,19,24)(H,22,23)/t9-,10-/m1/s1. The van der Waals surface area contributed by atoms with Crippen molar-refractivity contribution in [2.45, 2.75) is 12.7 Å². The Bertz CT molecular complexity index is 683. The molecule has 0 radical (unpaired) electrons. The molecular weight excluding hydrogens is 359 g/mol. The number of carbonyl (C=O) groups excluding carboxylic acids is 1. The molecule has 1 aromatic heterocycles. The molecule has 0 aromatic carbocycles. The van der Waals surface area contributed by atoms with E-state index in [0.717, 1.165) is 4.90 Å². The first-order chi connectivity index (χ1) is 12.2. The Hall–Kier alpha value is -2.72. The van der Waals surface area contributed by atoms with Crippen molar-refractivity contribution in [1.29, 1.82) is 0 Å². The summed E-state index contributed by atoms with van der Waals surface area (Å²) in [6.45, 7) is -1.27. The summed E-state index contributed by atoms with van der Waals surface area (Å²) in [5.41, 5.74) is 0.489. The molecular formula is C15H18F3N3O5. The number of nitrogens with one attached hydrogen (secondary N) is 1. The van der Waals surface area contributed by atoms with Gasteiger partial charge in [-0.2, -0.15) is 18.2 Å². The van der Waals surface area contributed by atoms with Crippen LogP contribution in [0.4, 0.5) is 18.0 Å². The van der Waals surface area contributed by atoms with Crippen molar-refractivity contribution in [1.82, 2.24) is 15.2 Å². The number of pyridine rings is 1. The van der Waals surface area contributed by atoms with E-state index in [9.17, 15) is 22.8 Å². The number of rotatable bonds is 5. The minimum absolute atomic E-state index is 0.0517. The van der Waals surface area contributed by atoms with Crippen LogP contribution in [-0.4, -0.2) is 60.5 Å². The van der Waals surface area contributed by atoms with Gasteiger partial charge in [-0.05, 0) is 6.07 Å². The predicted octanol–water partition coefficient (Wildman–Crippen LogP) is 1.50. The summed E-state index contributed by atoms with van der Waals surface area (Å²) in [5.74, 6) is -4.86. The molecule has 0 aliphatic carbocycles. The lowest BCUT2D eigenvalue weighted by Crippen LogP contribution is -2.39. The van der Waals surface area contributed by atoms with Gasteiger partial charge in [-0.15, -0.1) is 0 Å². The van der Waals surface area contributed by atoms with Gasteiger partial charge in [0.25, 0.3) is 0 Å². The lowest BCUT2D eigenvalue weighted by molar-refractivity contribution is -0.187. The van der Waals surface area contributed by atoms with Gasteiger partial charge < -0.3 is 24.8 Å². The van der Waals surface area contributed by atoms with Crippen LogP contribution in [0, 0.1) is 11.8 Å². The van der Waals surface area contributed by atoms with Crippen molar-refractivity contribution in [2.24, 2.45) is 11.8 Å². The van der Waals surface area contributed by atoms with Crippen LogP contribution in [0.15, 0.2) is 12.1 Å². The van der Waals surface area contributed by atoms with Crippen LogP contribution in [0.25, 0.3) is 0 Å². The van der Waals surface area contributed by atoms with E-state index in [1.807, 2.05) is 0 Å². The van der Waals surface area contributed by atoms with Crippen LogP contribution in [-0.2, 0) is 11.3 Å². The number of ether oxygens (including phenoxy) is 2. The number of nitrogens with zero attached hydrogens (tertiary/aromatic N) is 2. The number of carboxylic acid groups (broad SMARTS) is 1. The summed E-state index contributed by atoms with van der Waals surface area (Å²) in [5, 5.41) is 11.4. The van der Waals surface area contributed by atoms with Gasteiger partial charge in [0, 0.05) is 31.3 Å². The maximum atomic E-state index is 13.0. The number of carboxylic acids is 1. The Kier molecular flexibility index (Phi) is 5.78. The Labute approximate surface area is 146 Å². The summed E-state index contributed by atoms with van der Waals surface area (Å²) >= 11 is 0. The summed E-state index contributed by atoms with van der Waals surface area (Å²) in [6.07, 6.45) is -4.69. The average molecular weight is 377 g/mol. The fourth-order valence-electron chi connectivity index (χ4n) is 2.71. The summed E-state index contributed by atoms with van der Waals surface area (Å²) < 4.78 is 48.9. The zero-order valence-corrected chi connectivity index (χ0v) is 14.0. The molecule has 2 amide bonds. The van der Waals surface area contributed by atoms with E-state index in [-0.39, 0.29) is 12.4 Å². The van der Waals surface area contributed by atoms with Crippen LogP contribution >= 0.6 is 0 Å². The third-order valence-electron chi connectivity index (χ3n) is 4.09. The number of hydrogen-bond acceptors (Lipinski definition) is 5. The lowest BCUT2D eigenvalue weighted by atomic mass is 9.96. The molecule has 0 bridgehead atoms. The Morgan fingerprint density at radius 3 is 2.50 bits per heavy atom. The zero-order chi connectivity index (χ0) is 19.5. The van der Waals surface area contributed by atoms with Gasteiger partial charge in [-0.3, -0.25) is 4.79 Å². The van der Waals surface area contributed by atoms with Crippen LogP contribution in [0.5, 0.6) is 11.8 Å². The van der Waals surface area contributed by atoms with E-state index in [4.69, 9.17) is 14.6 Å². The van der Waals surface area contributed by atoms with Gasteiger partial charge in [0.2, 0.25) is 11.8 Å². The predicted molar refractivity (Wildman–Crippen MR) is 81.8 cm³/mol. The number of methoxy groups -OCH3 is 2. The van der Waals surface area contributed by atoms with Gasteiger partial charge in [0.15, 0.2) is 0 Å². The molecule has 2 N–H and O–H groups in total. The monoisotopic (exact) mass is 377 g/mol. The fraction of sp³-hybridized carbons (Fsp3) is 0.533. The molecule has 1 aromatic rings. The Morgan fingerprint density at radius 1 is 1.31 bits per heavy atom. The quantitative estimate of drug-likeness (QED) is 0.807. The molecule has 0 spiro atoms. The highest BCUT2D eigenvalue weighted by Crippen LogP contribution is 2.37. The van der Waals surface area contributed by atoms with Crippen molar-refractivity contribution >= 4 is 12.0 Å². The third kappa shape index (κ3) is 4.27. The minimum atomic E-state index is -4.69. The molecule has 1 aliphatic rings. The molecule has 2 heterocycles. The van der Waals surface area contributed by atoms with Gasteiger partial charge in [0.1, 0.15) is 0 Å². The average Bonchev–Trinajstić information content (AvgIpc) is 3.05. The van der Waals surface area contributed by atoms with E-state index >= 15 is 0 Å². The summed E-state index contributed by atoms with van der Waals surface area (Å²) in [4.78, 5) is 28.1. The number of hydrogen-bond donors (Lipinski definition) is 2. The highest BCUT2D eigenvalue weighted by atomic mass is 19.4. The molecule has 0 unspecified atom stereocenters. The second-order valence-electron chi connectivity index (χ2n) is 5.68. The maximum Gasteiger partial charge on any atom is 0.394 e. The molecule has 26 heavy (non-hydrogen) atoms. The number of aliphatic carboxylic acids is 1. The smallest absolute Gasteiger partial charge is 0.394 e. The van der Waals surface area contributed by atoms with Crippen molar-refractivity contribution in [2.75, 3.05) is 27.3 Å². The topological polar surface area (TPSA) is 101 Å². The van der Waals surface area contributed by atoms with E-state index in [2.05, 4.69) is 10.3 Å². The molecule has 1 fully saturated rings. The second-order valence-corrected chi connectivity index (χ2v) is 5.68. The van der Waals surface area contributed by atoms with Crippen LogP contribution in [0.1, 0.15) is 5.56 Å². The molecule has 1 aliphatic heterocycles. The second kappa shape index (κ2) is 7.67. The summed E-state index contributed by atoms with van der Waals surface area (Å²) in [7, 11) is 2.80. The van der Waals surface area contributed by atoms with E-state index in [1.54, 1.807) is 12.1 Å². The molecule has 2 rings (SSSR count). The Balaban J connectivity index is 2.03. The number of likely N-dealkylation sites (tertiary alicyclic amines) is 1. The first-order valence-corrected chi connectivity index (χ1v) is 7.57. The Morgan fingerprint density at radius 2 is 2.00 bits per heavy atom. The SMILES string of the molecule is COc1ccc(CNC(=O)N2C[C@@H](C(F)(F)F)[C@H](C(=O)O)C2)c(OC)n1. The maximum absolute atomic E-state index is 13.0. The molecule has 0 saturated carbocycles. The van der Waals surface area contributed by atoms with E-state index in [0.29, 0.717) is 11.4 Å². The highest BCUT2D eigenvalue weighted by Gasteiger charge is 2.53. The first-order valence-electron chi connectivity index (χ1n) is 7.57. The van der Waals surface area contributed by atoms with Gasteiger partial charge in [-0.25, -0.2) is 4.79 Å². The fourth-order valence-corrected chi connectivity index (χ4v) is 2.71. The molecule has 1 saturated heterocycles. The number of carbonyl (C=O) groups is 2. The van der Waals surface area contributed by atoms with Crippen molar-refractivity contribution < 1.29 is 37.3 Å². The number of alkyl halides is 3. The van der Waals surface area contributed by atoms with Crippen molar-refractivity contribution in [3.8, 4) is 11.8 Å². The van der Waals surface area contributed by atoms with E-state index < -0.39 is 43.1 Å². The molecule has 11 heteroatoms. The van der Waals surface area contributed by atoms with Crippen LogP contribution < -0.4 is 14.8 Å². The highest BCUT2D eigenvalue weighted by molar-refractivity contribution is 5.77. The molecule has 8 nitrogen and oxygen atoms in total. The third-order valence-corrected chi connectivity index (χ3v) is 4.09. The van der Waals surface area contributed by atoms with Crippen molar-refractivity contribution in [3.63, 3.8) is 0 Å². The molecule has 144 valence electrons. The van der Waals surface area contributed by atoms with Gasteiger partial charge >= 0.3 is 18.2 Å². The first kappa shape index (κ1) is 19.6. The van der Waals surface area contributed by atoms with Crippen LogP contribution in [0.2, 0.25) is 0 Å². The van der Waals surface area contributed by atoms with E-state index in [1.165, 1.54) is 14.2 Å². The van der Waals surface area contributed by atoms with Gasteiger partial charge in [0.05, 0.1) is 26.1 Å². The number of aromatic nitrogens is 1. The van der Waals surface area contributed by atoms with Crippen molar-refractivity contribution in [3.05, 3.63) is 17.7 Å². The number of urea groups is 1. The lowest BCUT2D eigenvalue weighted by Gasteiger charge is -2.19. The minimum Gasteiger partial charge on any atom is -0.481 e. The molecule has 2 atom stereocenters. The van der Waals surface area contributed by atoms with Crippen LogP contribution in [0.3, 0.4) is 0 Å². The number of amides is 2. The normalized spacial score (nSPS) is 20.0. The summed E-state index contributed by atoms with van der Waals surface area (Å²) in [6, 6.07) is 2.34. The zero-order valence-electron chi connectivity index (χ0n) is 14.0. The largest absolute Gasteiger partial charge is 0.481 e. The number of halogens is 3.